The van der Waals surface area contributed by atoms with Crippen LogP contribution in [0.15, 0.2) is 95.4 Å². The van der Waals surface area contributed by atoms with Crippen LogP contribution < -0.4 is 10.1 Å². The Labute approximate surface area is 163 Å². The maximum atomic E-state index is 13.2. The summed E-state index contributed by atoms with van der Waals surface area (Å²) < 4.78 is 11.2. The second kappa shape index (κ2) is 7.84. The molecule has 4 rings (SSSR count). The summed E-state index contributed by atoms with van der Waals surface area (Å²) in [4.78, 5) is 13.2. The van der Waals surface area contributed by atoms with E-state index in [0.29, 0.717) is 28.5 Å². The molecule has 28 heavy (non-hydrogen) atoms. The lowest BCUT2D eigenvalue weighted by Gasteiger charge is -2.06. The molecule has 0 aliphatic rings. The summed E-state index contributed by atoms with van der Waals surface area (Å²) in [5.41, 5.74) is 2.80. The Kier molecular flexibility index (Phi) is 4.93. The van der Waals surface area contributed by atoms with Gasteiger partial charge in [-0.15, -0.1) is 0 Å². The van der Waals surface area contributed by atoms with Gasteiger partial charge in [0, 0.05) is 16.8 Å². The SMILES string of the molecule is COc1ccc(C(=O)c2cc(-c3ccccc3)oc2Nc2ccccc2)cc1. The van der Waals surface area contributed by atoms with Crippen molar-refractivity contribution < 1.29 is 13.9 Å². The number of hydrogen-bond donors (Lipinski definition) is 1. The number of carbonyl (C=O) groups excluding carboxylic acids is 1. The number of hydrogen-bond acceptors (Lipinski definition) is 4. The lowest BCUT2D eigenvalue weighted by Crippen LogP contribution is -2.03. The van der Waals surface area contributed by atoms with Crippen molar-refractivity contribution in [1.82, 2.24) is 0 Å². The predicted octanol–water partition coefficient (Wildman–Crippen LogP) is 5.93. The number of carbonyl (C=O) groups is 1. The molecule has 0 bridgehead atoms. The molecule has 0 radical (unpaired) electrons. The Bertz CT molecular complexity index is 1070. The minimum atomic E-state index is -0.119. The average molecular weight is 369 g/mol. The average Bonchev–Trinajstić information content (AvgIpc) is 3.18. The first-order valence-corrected chi connectivity index (χ1v) is 8.94. The molecule has 0 spiro atoms. The first kappa shape index (κ1) is 17.6. The quantitative estimate of drug-likeness (QED) is 0.428. The van der Waals surface area contributed by atoms with Crippen molar-refractivity contribution >= 4 is 17.4 Å². The van der Waals surface area contributed by atoms with Crippen LogP contribution >= 0.6 is 0 Å². The smallest absolute Gasteiger partial charge is 0.209 e. The van der Waals surface area contributed by atoms with Gasteiger partial charge in [0.05, 0.1) is 12.7 Å². The monoisotopic (exact) mass is 369 g/mol. The lowest BCUT2D eigenvalue weighted by atomic mass is 10.0. The molecule has 0 atom stereocenters. The Hall–Kier alpha value is -3.79. The van der Waals surface area contributed by atoms with Crippen molar-refractivity contribution in [3.8, 4) is 17.1 Å². The molecule has 0 saturated heterocycles. The van der Waals surface area contributed by atoms with E-state index in [9.17, 15) is 4.79 Å². The Morgan fingerprint density at radius 1 is 0.857 bits per heavy atom. The number of nitrogens with one attached hydrogen (secondary N) is 1. The highest BCUT2D eigenvalue weighted by molar-refractivity contribution is 6.12. The molecule has 1 N–H and O–H groups in total. The van der Waals surface area contributed by atoms with Crippen LogP contribution in [0.4, 0.5) is 11.6 Å². The topological polar surface area (TPSA) is 51.5 Å². The summed E-state index contributed by atoms with van der Waals surface area (Å²) in [5, 5.41) is 3.22. The molecule has 0 aliphatic heterocycles. The summed E-state index contributed by atoms with van der Waals surface area (Å²) in [7, 11) is 1.60. The first-order valence-electron chi connectivity index (χ1n) is 8.94. The van der Waals surface area contributed by atoms with E-state index in [-0.39, 0.29) is 5.78 Å². The summed E-state index contributed by atoms with van der Waals surface area (Å²) in [5.74, 6) is 1.64. The van der Waals surface area contributed by atoms with E-state index in [1.165, 1.54) is 0 Å². The van der Waals surface area contributed by atoms with Crippen LogP contribution in [0.1, 0.15) is 15.9 Å². The molecule has 0 unspecified atom stereocenters. The van der Waals surface area contributed by atoms with E-state index in [0.717, 1.165) is 11.3 Å². The van der Waals surface area contributed by atoms with Gasteiger partial charge in [0.15, 0.2) is 5.78 Å². The van der Waals surface area contributed by atoms with Gasteiger partial charge in [-0.1, -0.05) is 48.5 Å². The summed E-state index contributed by atoms with van der Waals surface area (Å²) in [6.07, 6.45) is 0. The predicted molar refractivity (Wildman–Crippen MR) is 110 cm³/mol. The highest BCUT2D eigenvalue weighted by Gasteiger charge is 2.20. The zero-order valence-electron chi connectivity index (χ0n) is 15.4. The standard InChI is InChI=1S/C24H19NO3/c1-27-20-14-12-18(13-15-20)23(26)21-16-22(17-8-4-2-5-9-17)28-24(21)25-19-10-6-3-7-11-19/h2-16,25H,1H3. The van der Waals surface area contributed by atoms with Crippen molar-refractivity contribution in [3.63, 3.8) is 0 Å². The van der Waals surface area contributed by atoms with Gasteiger partial charge in [-0.2, -0.15) is 0 Å². The molecule has 0 aliphatic carbocycles. The van der Waals surface area contributed by atoms with Crippen molar-refractivity contribution in [2.75, 3.05) is 12.4 Å². The van der Waals surface area contributed by atoms with E-state index < -0.39 is 0 Å². The molecule has 1 aromatic heterocycles. The van der Waals surface area contributed by atoms with E-state index in [1.54, 1.807) is 37.4 Å². The Morgan fingerprint density at radius 3 is 2.14 bits per heavy atom. The zero-order valence-corrected chi connectivity index (χ0v) is 15.4. The van der Waals surface area contributed by atoms with E-state index >= 15 is 0 Å². The summed E-state index contributed by atoms with van der Waals surface area (Å²) in [6, 6.07) is 28.2. The van der Waals surface area contributed by atoms with Gasteiger partial charge in [0.25, 0.3) is 0 Å². The fourth-order valence-electron chi connectivity index (χ4n) is 2.95. The second-order valence-electron chi connectivity index (χ2n) is 6.27. The van der Waals surface area contributed by atoms with Gasteiger partial charge < -0.3 is 14.5 Å². The van der Waals surface area contributed by atoms with Crippen LogP contribution in [0.25, 0.3) is 11.3 Å². The number of furan rings is 1. The molecule has 3 aromatic carbocycles. The third-order valence-corrected chi connectivity index (χ3v) is 4.42. The molecule has 138 valence electrons. The van der Waals surface area contributed by atoms with Crippen LogP contribution in [-0.4, -0.2) is 12.9 Å². The number of anilines is 2. The van der Waals surface area contributed by atoms with Gasteiger partial charge >= 0.3 is 0 Å². The van der Waals surface area contributed by atoms with Gasteiger partial charge in [-0.05, 0) is 42.5 Å². The fourth-order valence-corrected chi connectivity index (χ4v) is 2.95. The minimum Gasteiger partial charge on any atom is -0.497 e. The number of rotatable bonds is 6. The second-order valence-corrected chi connectivity index (χ2v) is 6.27. The number of para-hydroxylation sites is 1. The highest BCUT2D eigenvalue weighted by Crippen LogP contribution is 2.33. The van der Waals surface area contributed by atoms with Crippen LogP contribution in [0.3, 0.4) is 0 Å². The minimum absolute atomic E-state index is 0.119. The van der Waals surface area contributed by atoms with Gasteiger partial charge in [0.2, 0.25) is 5.88 Å². The van der Waals surface area contributed by atoms with Crippen molar-refractivity contribution in [2.24, 2.45) is 0 Å². The molecular weight excluding hydrogens is 350 g/mol. The lowest BCUT2D eigenvalue weighted by molar-refractivity contribution is 0.103. The molecule has 4 aromatic rings. The van der Waals surface area contributed by atoms with Gasteiger partial charge in [-0.25, -0.2) is 0 Å². The van der Waals surface area contributed by atoms with Gasteiger partial charge in [0.1, 0.15) is 11.5 Å². The first-order chi connectivity index (χ1) is 13.7. The highest BCUT2D eigenvalue weighted by atomic mass is 16.5. The number of ether oxygens (including phenoxy) is 1. The molecule has 0 fully saturated rings. The summed E-state index contributed by atoms with van der Waals surface area (Å²) >= 11 is 0. The Balaban J connectivity index is 1.74. The van der Waals surface area contributed by atoms with Crippen molar-refractivity contribution in [1.29, 1.82) is 0 Å². The van der Waals surface area contributed by atoms with Crippen molar-refractivity contribution in [3.05, 3.63) is 102 Å². The Morgan fingerprint density at radius 2 is 1.50 bits per heavy atom. The number of ketones is 1. The molecule has 4 heteroatoms. The molecule has 0 amide bonds. The van der Waals surface area contributed by atoms with E-state index in [4.69, 9.17) is 9.15 Å². The van der Waals surface area contributed by atoms with Gasteiger partial charge in [-0.3, -0.25) is 4.79 Å². The van der Waals surface area contributed by atoms with E-state index in [1.807, 2.05) is 60.7 Å². The fraction of sp³-hybridized carbons (Fsp3) is 0.0417. The molecular formula is C24H19NO3. The van der Waals surface area contributed by atoms with Crippen LogP contribution in [0.2, 0.25) is 0 Å². The van der Waals surface area contributed by atoms with Crippen LogP contribution in [0, 0.1) is 0 Å². The molecule has 0 saturated carbocycles. The molecule has 4 nitrogen and oxygen atoms in total. The van der Waals surface area contributed by atoms with Crippen LogP contribution in [0.5, 0.6) is 5.75 Å². The summed E-state index contributed by atoms with van der Waals surface area (Å²) in [6.45, 7) is 0. The molecule has 1 heterocycles. The maximum Gasteiger partial charge on any atom is 0.209 e. The van der Waals surface area contributed by atoms with Crippen molar-refractivity contribution in [2.45, 2.75) is 0 Å². The van der Waals surface area contributed by atoms with Crippen LogP contribution in [-0.2, 0) is 0 Å². The maximum absolute atomic E-state index is 13.2. The third-order valence-electron chi connectivity index (χ3n) is 4.42. The third kappa shape index (κ3) is 3.67. The largest absolute Gasteiger partial charge is 0.497 e. The number of methoxy groups -OCH3 is 1. The normalized spacial score (nSPS) is 10.5. The number of benzene rings is 3. The van der Waals surface area contributed by atoms with E-state index in [2.05, 4.69) is 5.32 Å². The zero-order chi connectivity index (χ0) is 19.3.